The van der Waals surface area contributed by atoms with Gasteiger partial charge in [0.05, 0.1) is 44.3 Å². The molecule has 3 aliphatic carbocycles. The highest BCUT2D eigenvalue weighted by Crippen LogP contribution is 2.54. The van der Waals surface area contributed by atoms with Crippen molar-refractivity contribution in [2.45, 2.75) is 57.8 Å². The van der Waals surface area contributed by atoms with Crippen molar-refractivity contribution in [2.75, 3.05) is 0 Å². The molecule has 0 radical (unpaired) electrons. The van der Waals surface area contributed by atoms with Crippen LogP contribution in [-0.4, -0.2) is 23.7 Å². The first kappa shape index (κ1) is 64.3. The molecule has 4 aromatic heterocycles. The third-order valence-electron chi connectivity index (χ3n) is 25.7. The highest BCUT2D eigenvalue weighted by Gasteiger charge is 2.38. The van der Waals surface area contributed by atoms with Gasteiger partial charge in [0, 0.05) is 82.1 Å². The maximum Gasteiger partial charge on any atom is 0.160 e. The lowest BCUT2D eigenvalue weighted by molar-refractivity contribution is 0.660. The van der Waals surface area contributed by atoms with Gasteiger partial charge in [-0.05, 0) is 245 Å². The van der Waals surface area contributed by atoms with Gasteiger partial charge in [-0.2, -0.15) is 0 Å². The van der Waals surface area contributed by atoms with E-state index in [9.17, 15) is 0 Å². The minimum atomic E-state index is -0.101. The molecule has 112 heavy (non-hydrogen) atoms. The predicted octanol–water partition coefficient (Wildman–Crippen LogP) is 27.8. The van der Waals surface area contributed by atoms with Crippen LogP contribution in [0.2, 0.25) is 0 Å². The fourth-order valence-corrected chi connectivity index (χ4v) is 20.0. The van der Waals surface area contributed by atoms with Crippen molar-refractivity contribution in [2.24, 2.45) is 0 Å². The molecule has 3 aliphatic rings. The smallest absolute Gasteiger partial charge is 0.160 e. The molecule has 16 aromatic carbocycles. The Kier molecular flexibility index (Phi) is 13.6. The molecule has 4 heterocycles. The number of hydrogen-bond acceptors (Lipinski definition) is 2. The van der Waals surface area contributed by atoms with Crippen molar-refractivity contribution >= 4 is 76.3 Å². The average Bonchev–Trinajstić information content (AvgIpc) is 1.57. The third kappa shape index (κ3) is 9.37. The first-order valence-electron chi connectivity index (χ1n) is 39.3. The monoisotopic (exact) mass is 1430 g/mol. The summed E-state index contributed by atoms with van der Waals surface area (Å²) >= 11 is 0. The van der Waals surface area contributed by atoms with E-state index in [2.05, 4.69) is 401 Å². The Hall–Kier alpha value is -13.7. The summed E-state index contributed by atoms with van der Waals surface area (Å²) in [4.78, 5) is 11.3. The van der Waals surface area contributed by atoms with Gasteiger partial charge in [0.1, 0.15) is 0 Å². The van der Waals surface area contributed by atoms with Crippen molar-refractivity contribution in [1.29, 1.82) is 0 Å². The van der Waals surface area contributed by atoms with E-state index in [0.717, 1.165) is 89.0 Å². The first-order chi connectivity index (χ1) is 54.8. The fraction of sp³-hybridized carbons (Fsp3) is 0.0841. The summed E-state index contributed by atoms with van der Waals surface area (Å²) in [6.45, 7) is 14.2. The zero-order valence-electron chi connectivity index (χ0n) is 63.1. The molecule has 0 saturated carbocycles. The number of para-hydroxylation sites is 3. The van der Waals surface area contributed by atoms with Crippen LogP contribution >= 0.6 is 0 Å². The molecule has 0 atom stereocenters. The van der Waals surface area contributed by atoms with Gasteiger partial charge in [-0.25, -0.2) is 9.97 Å². The van der Waals surface area contributed by atoms with Gasteiger partial charge in [-0.1, -0.05) is 254 Å². The Balaban J connectivity index is 0.640. The molecule has 0 N–H and O–H groups in total. The molecule has 0 saturated heterocycles. The summed E-state index contributed by atoms with van der Waals surface area (Å²) in [5, 5.41) is 8.26. The van der Waals surface area contributed by atoms with Crippen LogP contribution in [0.15, 0.2) is 346 Å². The Morgan fingerprint density at radius 1 is 0.196 bits per heavy atom. The molecular formula is C107H75N5. The van der Waals surface area contributed by atoms with E-state index in [1.54, 1.807) is 0 Å². The molecule has 23 rings (SSSR count). The van der Waals surface area contributed by atoms with E-state index in [-0.39, 0.29) is 16.2 Å². The zero-order chi connectivity index (χ0) is 74.6. The quantitative estimate of drug-likeness (QED) is 0.144. The number of fused-ring (bicyclic) bond motifs is 19. The van der Waals surface area contributed by atoms with Crippen LogP contribution in [-0.2, 0) is 16.2 Å². The van der Waals surface area contributed by atoms with Crippen LogP contribution in [0.25, 0.3) is 194 Å². The normalized spacial score (nSPS) is 14.0. The standard InChI is InChI=1S/C107H75N5/c1-105(2)90-31-13-7-25-77(90)80-48-39-70(61-93(80)105)67-43-52-100-86(57-67)83-28-10-16-34-97(83)110(100)74-46-37-64(38-47-74)104-108-96-51-42-66(65-21-19-23-75(55-65)111-98-35-17-11-29-84(98)87-58-68(44-53-101(87)111)71-40-49-81-78-26-8-14-32-91(78)106(3,4)94(81)62-71)60-89(96)103(109-104)73-22-20-24-76(56-73)112-99-36-18-12-30-85(99)88-59-69(45-54-102(88)112)72-41-50-82-79-27-9-15-33-92(79)107(5,6)95(82)63-72/h7-63H,1-6H3. The maximum atomic E-state index is 5.75. The van der Waals surface area contributed by atoms with Crippen LogP contribution < -0.4 is 0 Å². The highest BCUT2D eigenvalue weighted by molar-refractivity contribution is 6.14. The topological polar surface area (TPSA) is 40.6 Å². The summed E-state index contributed by atoms with van der Waals surface area (Å²) in [5.41, 5.74) is 39.3. The second-order valence-corrected chi connectivity index (χ2v) is 32.8. The molecule has 0 fully saturated rings. The SMILES string of the molecule is CC1(C)c2ccccc2-c2ccc(-c3ccc4c(c3)c3ccccc3n4-c3ccc(-c4nc(-c5cccc(-n6c7ccccc7c7cc(-c8ccc9c(c8)C(C)(C)c8ccccc8-9)ccc76)c5)c5cc(-c6cccc(-n7c8ccccc8c8cc(-c9ccc%10c(c9)C(C)(C)c9ccccc9-%10)ccc87)c6)ccc5n4)cc3)cc21. The molecule has 5 heteroatoms. The average molecular weight is 1430 g/mol. The van der Waals surface area contributed by atoms with Gasteiger partial charge in [-0.3, -0.25) is 0 Å². The molecule has 0 spiro atoms. The van der Waals surface area contributed by atoms with Crippen molar-refractivity contribution in [3.05, 3.63) is 379 Å². The molecule has 528 valence electrons. The van der Waals surface area contributed by atoms with Crippen LogP contribution in [0, 0.1) is 0 Å². The van der Waals surface area contributed by atoms with E-state index < -0.39 is 0 Å². The highest BCUT2D eigenvalue weighted by atomic mass is 15.0. The summed E-state index contributed by atoms with van der Waals surface area (Å²) in [7, 11) is 0. The summed E-state index contributed by atoms with van der Waals surface area (Å²) < 4.78 is 7.28. The lowest BCUT2D eigenvalue weighted by Crippen LogP contribution is -2.14. The molecule has 5 nitrogen and oxygen atoms in total. The zero-order valence-corrected chi connectivity index (χ0v) is 63.1. The summed E-state index contributed by atoms with van der Waals surface area (Å²) in [5.74, 6) is 0.657. The van der Waals surface area contributed by atoms with Crippen LogP contribution in [0.4, 0.5) is 0 Å². The molecule has 0 bridgehead atoms. The van der Waals surface area contributed by atoms with Gasteiger partial charge in [0.2, 0.25) is 0 Å². The van der Waals surface area contributed by atoms with Crippen molar-refractivity contribution < 1.29 is 0 Å². The molecule has 0 amide bonds. The number of benzene rings is 16. The van der Waals surface area contributed by atoms with Crippen LogP contribution in [0.5, 0.6) is 0 Å². The minimum absolute atomic E-state index is 0.0879. The van der Waals surface area contributed by atoms with Crippen molar-refractivity contribution in [1.82, 2.24) is 23.7 Å². The Morgan fingerprint density at radius 3 is 0.946 bits per heavy atom. The molecular weight excluding hydrogens is 1360 g/mol. The number of nitrogens with zero attached hydrogens (tertiary/aromatic N) is 5. The second kappa shape index (κ2) is 23.6. The first-order valence-corrected chi connectivity index (χ1v) is 39.3. The van der Waals surface area contributed by atoms with E-state index in [1.165, 1.54) is 132 Å². The van der Waals surface area contributed by atoms with Gasteiger partial charge in [-0.15, -0.1) is 0 Å². The number of hydrogen-bond donors (Lipinski definition) is 0. The van der Waals surface area contributed by atoms with E-state index in [0.29, 0.717) is 5.82 Å². The van der Waals surface area contributed by atoms with Crippen LogP contribution in [0.3, 0.4) is 0 Å². The van der Waals surface area contributed by atoms with E-state index >= 15 is 0 Å². The fourth-order valence-electron chi connectivity index (χ4n) is 20.0. The summed E-state index contributed by atoms with van der Waals surface area (Å²) in [6.07, 6.45) is 0. The second-order valence-electron chi connectivity index (χ2n) is 32.8. The van der Waals surface area contributed by atoms with E-state index in [1.807, 2.05) is 0 Å². The minimum Gasteiger partial charge on any atom is -0.309 e. The van der Waals surface area contributed by atoms with Gasteiger partial charge >= 0.3 is 0 Å². The van der Waals surface area contributed by atoms with Gasteiger partial charge in [0.25, 0.3) is 0 Å². The Bertz CT molecular complexity index is 7470. The summed E-state index contributed by atoms with van der Waals surface area (Å²) in [6, 6.07) is 129. The van der Waals surface area contributed by atoms with Crippen molar-refractivity contribution in [3.63, 3.8) is 0 Å². The Labute approximate surface area is 650 Å². The van der Waals surface area contributed by atoms with Crippen LogP contribution in [0.1, 0.15) is 74.9 Å². The van der Waals surface area contributed by atoms with Crippen molar-refractivity contribution in [3.8, 4) is 118 Å². The van der Waals surface area contributed by atoms with E-state index in [4.69, 9.17) is 9.97 Å². The number of rotatable bonds is 9. The molecule has 20 aromatic rings. The number of aromatic nitrogens is 5. The van der Waals surface area contributed by atoms with Gasteiger partial charge in [0.15, 0.2) is 5.82 Å². The Morgan fingerprint density at radius 2 is 0.509 bits per heavy atom. The molecule has 0 aliphatic heterocycles. The maximum absolute atomic E-state index is 5.75. The lowest BCUT2D eigenvalue weighted by atomic mass is 9.81. The predicted molar refractivity (Wildman–Crippen MR) is 468 cm³/mol. The third-order valence-corrected chi connectivity index (χ3v) is 25.7. The lowest BCUT2D eigenvalue weighted by Gasteiger charge is -2.22. The molecule has 0 unspecified atom stereocenters. The largest absolute Gasteiger partial charge is 0.309 e. The van der Waals surface area contributed by atoms with Gasteiger partial charge < -0.3 is 13.7 Å².